The van der Waals surface area contributed by atoms with Crippen LogP contribution in [0.1, 0.15) is 48.2 Å². The normalized spacial score (nSPS) is 10.7. The van der Waals surface area contributed by atoms with E-state index in [2.05, 4.69) is 38.1 Å². The van der Waals surface area contributed by atoms with Crippen molar-refractivity contribution < 1.29 is 9.36 Å². The summed E-state index contributed by atoms with van der Waals surface area (Å²) < 4.78 is 2.04. The van der Waals surface area contributed by atoms with Crippen LogP contribution in [0.5, 0.6) is 0 Å². The summed E-state index contributed by atoms with van der Waals surface area (Å²) in [5.41, 5.74) is 3.35. The number of Topliss-reactive ketones (excluding diaryl/α,β-unsaturated/α-hetero) is 1. The number of hydrogen-bond acceptors (Lipinski definition) is 1. The minimum absolute atomic E-state index is 0.101. The average molecular weight is 254 g/mol. The van der Waals surface area contributed by atoms with Crippen molar-refractivity contribution in [1.29, 1.82) is 0 Å². The maximum absolute atomic E-state index is 11.4. The molecule has 2 rings (SSSR count). The van der Waals surface area contributed by atoms with Gasteiger partial charge in [0.25, 0.3) is 0 Å². The van der Waals surface area contributed by atoms with E-state index in [4.69, 9.17) is 0 Å². The van der Waals surface area contributed by atoms with Crippen LogP contribution in [0, 0.1) is 0 Å². The molecule has 1 aromatic heterocycles. The number of carbonyl (C=O) groups is 1. The Morgan fingerprint density at radius 1 is 1.16 bits per heavy atom. The molecule has 2 heteroatoms. The van der Waals surface area contributed by atoms with E-state index in [1.54, 1.807) is 6.92 Å². The van der Waals surface area contributed by atoms with Crippen LogP contribution in [0.25, 0.3) is 0 Å². The molecule has 0 fully saturated rings. The van der Waals surface area contributed by atoms with E-state index >= 15 is 0 Å². The van der Waals surface area contributed by atoms with Gasteiger partial charge in [0.1, 0.15) is 0 Å². The molecule has 0 saturated carbocycles. The number of aromatic nitrogens is 1. The van der Waals surface area contributed by atoms with Gasteiger partial charge < -0.3 is 0 Å². The molecule has 0 aliphatic rings. The molecular formula is C17H20NO+. The second-order valence-electron chi connectivity index (χ2n) is 5.22. The lowest BCUT2D eigenvalue weighted by Gasteiger charge is -2.05. The van der Waals surface area contributed by atoms with Gasteiger partial charge in [-0.3, -0.25) is 4.79 Å². The highest BCUT2D eigenvalue weighted by Gasteiger charge is 2.07. The van der Waals surface area contributed by atoms with Crippen molar-refractivity contribution in [2.24, 2.45) is 0 Å². The van der Waals surface area contributed by atoms with Crippen molar-refractivity contribution in [3.05, 3.63) is 65.5 Å². The molecule has 0 atom stereocenters. The number of pyridine rings is 1. The molecule has 0 bridgehead atoms. The number of ketones is 1. The van der Waals surface area contributed by atoms with Crippen LogP contribution < -0.4 is 4.57 Å². The molecular weight excluding hydrogens is 234 g/mol. The summed E-state index contributed by atoms with van der Waals surface area (Å²) >= 11 is 0. The summed E-state index contributed by atoms with van der Waals surface area (Å²) in [6.45, 7) is 6.77. The smallest absolute Gasteiger partial charge is 0.179 e. The van der Waals surface area contributed by atoms with E-state index in [1.165, 1.54) is 11.1 Å². The average Bonchev–Trinajstić information content (AvgIpc) is 2.39. The van der Waals surface area contributed by atoms with Gasteiger partial charge in [0.15, 0.2) is 24.7 Å². The van der Waals surface area contributed by atoms with E-state index in [-0.39, 0.29) is 5.78 Å². The van der Waals surface area contributed by atoms with E-state index in [9.17, 15) is 4.79 Å². The Labute approximate surface area is 114 Å². The zero-order valence-electron chi connectivity index (χ0n) is 11.8. The molecule has 0 amide bonds. The number of nitrogens with zero attached hydrogens (tertiary/aromatic N) is 1. The lowest BCUT2D eigenvalue weighted by Crippen LogP contribution is -2.34. The maximum Gasteiger partial charge on any atom is 0.179 e. The standard InChI is InChI=1S/C17H20NO/c1-13(2)16-8-6-15(7-9-16)11-18-10-4-5-17(12-18)14(3)19/h4-10,12-13H,11H2,1-3H3/q+1. The highest BCUT2D eigenvalue weighted by Crippen LogP contribution is 2.14. The number of rotatable bonds is 4. The predicted octanol–water partition coefficient (Wildman–Crippen LogP) is 3.35. The summed E-state index contributed by atoms with van der Waals surface area (Å²) in [5, 5.41) is 0. The van der Waals surface area contributed by atoms with Crippen molar-refractivity contribution >= 4 is 5.78 Å². The second-order valence-corrected chi connectivity index (χ2v) is 5.22. The summed E-state index contributed by atoms with van der Waals surface area (Å²) in [4.78, 5) is 11.4. The number of hydrogen-bond donors (Lipinski definition) is 0. The Kier molecular flexibility index (Phi) is 4.10. The zero-order chi connectivity index (χ0) is 13.8. The molecule has 0 radical (unpaired) electrons. The van der Waals surface area contributed by atoms with Gasteiger partial charge in [-0.25, -0.2) is 4.57 Å². The third kappa shape index (κ3) is 3.50. The lowest BCUT2D eigenvalue weighted by atomic mass is 10.0. The molecule has 1 heterocycles. The van der Waals surface area contributed by atoms with Crippen LogP contribution in [-0.4, -0.2) is 5.78 Å². The van der Waals surface area contributed by atoms with Crippen molar-refractivity contribution in [3.8, 4) is 0 Å². The quantitative estimate of drug-likeness (QED) is 0.605. The molecule has 0 aliphatic heterocycles. The first kappa shape index (κ1) is 13.5. The van der Waals surface area contributed by atoms with Crippen LogP contribution >= 0.6 is 0 Å². The molecule has 1 aromatic carbocycles. The Morgan fingerprint density at radius 2 is 1.84 bits per heavy atom. The molecule has 98 valence electrons. The Morgan fingerprint density at radius 3 is 2.42 bits per heavy atom. The fraction of sp³-hybridized carbons (Fsp3) is 0.294. The van der Waals surface area contributed by atoms with Crippen molar-refractivity contribution in [2.75, 3.05) is 0 Å². The molecule has 0 unspecified atom stereocenters. The van der Waals surface area contributed by atoms with Gasteiger partial charge in [0.05, 0.1) is 5.56 Å². The molecule has 2 aromatic rings. The van der Waals surface area contributed by atoms with Crippen molar-refractivity contribution in [2.45, 2.75) is 33.2 Å². The second kappa shape index (κ2) is 5.79. The number of benzene rings is 1. The van der Waals surface area contributed by atoms with Crippen LogP contribution in [-0.2, 0) is 6.54 Å². The highest BCUT2D eigenvalue weighted by molar-refractivity contribution is 5.93. The van der Waals surface area contributed by atoms with Gasteiger partial charge >= 0.3 is 0 Å². The van der Waals surface area contributed by atoms with Crippen molar-refractivity contribution in [1.82, 2.24) is 0 Å². The summed E-state index contributed by atoms with van der Waals surface area (Å²) in [5.74, 6) is 0.659. The van der Waals surface area contributed by atoms with E-state index in [0.717, 1.165) is 12.1 Å². The van der Waals surface area contributed by atoms with E-state index < -0.39 is 0 Å². The van der Waals surface area contributed by atoms with E-state index in [1.807, 2.05) is 29.1 Å². The third-order valence-electron chi connectivity index (χ3n) is 3.28. The minimum atomic E-state index is 0.101. The summed E-state index contributed by atoms with van der Waals surface area (Å²) in [6, 6.07) is 12.4. The van der Waals surface area contributed by atoms with Crippen LogP contribution in [0.15, 0.2) is 48.8 Å². The first-order valence-electron chi connectivity index (χ1n) is 6.65. The Balaban J connectivity index is 2.16. The zero-order valence-corrected chi connectivity index (χ0v) is 11.8. The van der Waals surface area contributed by atoms with E-state index in [0.29, 0.717) is 5.92 Å². The van der Waals surface area contributed by atoms with Crippen LogP contribution in [0.4, 0.5) is 0 Å². The molecule has 0 saturated heterocycles. The largest absolute Gasteiger partial charge is 0.294 e. The van der Waals surface area contributed by atoms with Crippen molar-refractivity contribution in [3.63, 3.8) is 0 Å². The first-order chi connectivity index (χ1) is 9.06. The Bertz CT molecular complexity index is 570. The fourth-order valence-electron chi connectivity index (χ4n) is 2.05. The van der Waals surface area contributed by atoms with Crippen LogP contribution in [0.2, 0.25) is 0 Å². The van der Waals surface area contributed by atoms with Gasteiger partial charge in [0.2, 0.25) is 0 Å². The summed E-state index contributed by atoms with van der Waals surface area (Å²) in [6.07, 6.45) is 3.89. The molecule has 0 N–H and O–H groups in total. The Hall–Kier alpha value is -1.96. The summed E-state index contributed by atoms with van der Waals surface area (Å²) in [7, 11) is 0. The maximum atomic E-state index is 11.4. The van der Waals surface area contributed by atoms with Gasteiger partial charge in [0, 0.05) is 11.6 Å². The SMILES string of the molecule is CC(=O)c1ccc[n+](Cc2ccc(C(C)C)cc2)c1. The highest BCUT2D eigenvalue weighted by atomic mass is 16.1. The predicted molar refractivity (Wildman–Crippen MR) is 76.3 cm³/mol. The molecule has 0 aliphatic carbocycles. The number of carbonyl (C=O) groups excluding carboxylic acids is 1. The molecule has 0 spiro atoms. The third-order valence-corrected chi connectivity index (χ3v) is 3.28. The topological polar surface area (TPSA) is 20.9 Å². The van der Waals surface area contributed by atoms with Gasteiger partial charge in [-0.05, 0) is 24.5 Å². The molecule has 19 heavy (non-hydrogen) atoms. The van der Waals surface area contributed by atoms with Gasteiger partial charge in [-0.15, -0.1) is 0 Å². The van der Waals surface area contributed by atoms with Crippen LogP contribution in [0.3, 0.4) is 0 Å². The molecule has 2 nitrogen and oxygen atoms in total. The minimum Gasteiger partial charge on any atom is -0.294 e. The fourth-order valence-corrected chi connectivity index (χ4v) is 2.05. The lowest BCUT2D eigenvalue weighted by molar-refractivity contribution is -0.688. The monoisotopic (exact) mass is 254 g/mol. The van der Waals surface area contributed by atoms with Gasteiger partial charge in [-0.1, -0.05) is 38.1 Å². The first-order valence-corrected chi connectivity index (χ1v) is 6.65. The van der Waals surface area contributed by atoms with Gasteiger partial charge in [-0.2, -0.15) is 0 Å².